The Labute approximate surface area is 223 Å². The molecule has 0 aliphatic rings. The molecule has 184 valence electrons. The lowest BCUT2D eigenvalue weighted by atomic mass is 10.1. The number of rotatable bonds is 3. The van der Waals surface area contributed by atoms with Crippen molar-refractivity contribution in [1.29, 1.82) is 0 Å². The van der Waals surface area contributed by atoms with Crippen molar-refractivity contribution < 1.29 is 9.84 Å². The molecule has 1 N–H and O–H groups in total. The van der Waals surface area contributed by atoms with Crippen LogP contribution in [0, 0.1) is 0 Å². The summed E-state index contributed by atoms with van der Waals surface area (Å²) < 4.78 is 8.65. The van der Waals surface area contributed by atoms with Gasteiger partial charge in [-0.2, -0.15) is 0 Å². The van der Waals surface area contributed by atoms with Crippen LogP contribution in [-0.2, 0) is 0 Å². The van der Waals surface area contributed by atoms with Gasteiger partial charge in [-0.25, -0.2) is 9.97 Å². The van der Waals surface area contributed by atoms with Gasteiger partial charge in [0.05, 0.1) is 16.6 Å². The third-order valence-corrected chi connectivity index (χ3v) is 7.35. The van der Waals surface area contributed by atoms with Gasteiger partial charge < -0.3 is 9.84 Å². The van der Waals surface area contributed by atoms with Crippen molar-refractivity contribution in [3.05, 3.63) is 121 Å². The Morgan fingerprint density at radius 2 is 1.31 bits per heavy atom. The molecule has 8 aromatic rings. The van der Waals surface area contributed by atoms with Gasteiger partial charge in [-0.05, 0) is 53.9 Å². The molecule has 39 heavy (non-hydrogen) atoms. The average molecular weight is 504 g/mol. The van der Waals surface area contributed by atoms with Gasteiger partial charge in [-0.15, -0.1) is 0 Å². The first-order chi connectivity index (χ1) is 19.2. The van der Waals surface area contributed by atoms with Crippen molar-refractivity contribution in [2.45, 2.75) is 0 Å². The number of nitrogens with zero attached hydrogens (tertiary/aromatic N) is 3. The lowest BCUT2D eigenvalue weighted by Gasteiger charge is -2.12. The van der Waals surface area contributed by atoms with Gasteiger partial charge in [-0.1, -0.05) is 66.7 Å². The zero-order valence-corrected chi connectivity index (χ0v) is 20.7. The van der Waals surface area contributed by atoms with Crippen LogP contribution >= 0.6 is 0 Å². The van der Waals surface area contributed by atoms with Crippen molar-refractivity contribution in [2.75, 3.05) is 0 Å². The van der Waals surface area contributed by atoms with Gasteiger partial charge in [0.2, 0.25) is 5.88 Å². The van der Waals surface area contributed by atoms with Crippen LogP contribution in [-0.4, -0.2) is 19.6 Å². The van der Waals surface area contributed by atoms with Crippen LogP contribution in [0.2, 0.25) is 0 Å². The molecule has 0 radical (unpaired) electrons. The van der Waals surface area contributed by atoms with E-state index in [1.165, 1.54) is 0 Å². The molecule has 0 aliphatic carbocycles. The maximum atomic E-state index is 10.6. The van der Waals surface area contributed by atoms with Crippen LogP contribution in [0.1, 0.15) is 0 Å². The minimum absolute atomic E-state index is 0.126. The highest BCUT2D eigenvalue weighted by molar-refractivity contribution is 6.10. The summed E-state index contributed by atoms with van der Waals surface area (Å²) in [6, 6.07) is 40.2. The molecule has 5 nitrogen and oxygen atoms in total. The fourth-order valence-electron chi connectivity index (χ4n) is 5.56. The lowest BCUT2D eigenvalue weighted by Crippen LogP contribution is -1.98. The Balaban J connectivity index is 1.35. The molecule has 5 heteroatoms. The minimum atomic E-state index is 0.126. The fraction of sp³-hybridized carbons (Fsp3) is 0. The highest BCUT2D eigenvalue weighted by atomic mass is 16.5. The second-order valence-electron chi connectivity index (χ2n) is 9.63. The fourth-order valence-corrected chi connectivity index (χ4v) is 5.56. The number of benzene rings is 5. The highest BCUT2D eigenvalue weighted by Gasteiger charge is 2.16. The third-order valence-electron chi connectivity index (χ3n) is 7.35. The van der Waals surface area contributed by atoms with Crippen molar-refractivity contribution in [2.24, 2.45) is 0 Å². The molecule has 3 aromatic heterocycles. The maximum absolute atomic E-state index is 10.6. The molecule has 0 unspecified atom stereocenters. The maximum Gasteiger partial charge on any atom is 0.227 e. The Bertz CT molecular complexity index is 2230. The molecule has 8 rings (SSSR count). The average Bonchev–Trinajstić information content (AvgIpc) is 3.31. The summed E-state index contributed by atoms with van der Waals surface area (Å²) in [5.41, 5.74) is 3.53. The number of aromatic hydroxyl groups is 1. The van der Waals surface area contributed by atoms with Gasteiger partial charge in [0.1, 0.15) is 22.8 Å². The van der Waals surface area contributed by atoms with Crippen LogP contribution < -0.4 is 4.74 Å². The molecule has 5 aromatic carbocycles. The zero-order valence-electron chi connectivity index (χ0n) is 20.7. The van der Waals surface area contributed by atoms with Crippen molar-refractivity contribution in [3.63, 3.8) is 0 Å². The Kier molecular flexibility index (Phi) is 4.60. The number of aromatic nitrogens is 3. The summed E-state index contributed by atoms with van der Waals surface area (Å²) in [5, 5.41) is 16.7. The van der Waals surface area contributed by atoms with Crippen LogP contribution in [0.4, 0.5) is 0 Å². The van der Waals surface area contributed by atoms with Gasteiger partial charge >= 0.3 is 0 Å². The number of fused-ring (bicyclic) bond motifs is 7. The first-order valence-electron chi connectivity index (χ1n) is 12.8. The minimum Gasteiger partial charge on any atom is -0.506 e. The molecule has 0 fully saturated rings. The molecule has 0 bridgehead atoms. The second-order valence-corrected chi connectivity index (χ2v) is 9.63. The quantitative estimate of drug-likeness (QED) is 0.246. The number of phenols is 1. The molecule has 0 aliphatic heterocycles. The van der Waals surface area contributed by atoms with E-state index < -0.39 is 0 Å². The van der Waals surface area contributed by atoms with E-state index in [2.05, 4.69) is 47.0 Å². The van der Waals surface area contributed by atoms with Crippen LogP contribution in [0.5, 0.6) is 17.4 Å². The van der Waals surface area contributed by atoms with E-state index in [1.807, 2.05) is 72.8 Å². The number of ether oxygens (including phenoxy) is 1. The van der Waals surface area contributed by atoms with E-state index >= 15 is 0 Å². The Hall–Kier alpha value is -5.42. The van der Waals surface area contributed by atoms with E-state index in [4.69, 9.17) is 14.7 Å². The number of hydrogen-bond acceptors (Lipinski definition) is 4. The van der Waals surface area contributed by atoms with E-state index in [0.717, 1.165) is 54.7 Å². The largest absolute Gasteiger partial charge is 0.506 e. The molecule has 0 saturated carbocycles. The number of pyridine rings is 2. The number of para-hydroxylation sites is 3. The Morgan fingerprint density at radius 1 is 0.564 bits per heavy atom. The summed E-state index contributed by atoms with van der Waals surface area (Å²) in [4.78, 5) is 9.74. The smallest absolute Gasteiger partial charge is 0.227 e. The first kappa shape index (κ1) is 21.6. The predicted molar refractivity (Wildman–Crippen MR) is 157 cm³/mol. The molecular formula is C34H21N3O2. The van der Waals surface area contributed by atoms with E-state index in [-0.39, 0.29) is 5.75 Å². The zero-order chi connectivity index (χ0) is 25.9. The molecule has 3 heterocycles. The van der Waals surface area contributed by atoms with Gasteiger partial charge in [-0.3, -0.25) is 4.57 Å². The SMILES string of the molecule is Oc1cccc2c1nc(Oc1ccc3c4ccccc4n(-c4ccc5ccccc5n4)c3c1)c1ccccc12. The van der Waals surface area contributed by atoms with Gasteiger partial charge in [0.25, 0.3) is 0 Å². The van der Waals surface area contributed by atoms with Crippen LogP contribution in [0.25, 0.3) is 60.2 Å². The molecule has 0 spiro atoms. The third kappa shape index (κ3) is 3.33. The van der Waals surface area contributed by atoms with Crippen molar-refractivity contribution in [3.8, 4) is 23.2 Å². The van der Waals surface area contributed by atoms with Gasteiger partial charge in [0, 0.05) is 33.0 Å². The summed E-state index contributed by atoms with van der Waals surface area (Å²) in [6.07, 6.45) is 0. The van der Waals surface area contributed by atoms with E-state index in [1.54, 1.807) is 6.07 Å². The molecule has 0 saturated heterocycles. The molecule has 0 amide bonds. The van der Waals surface area contributed by atoms with Gasteiger partial charge in [0.15, 0.2) is 0 Å². The topological polar surface area (TPSA) is 60.2 Å². The van der Waals surface area contributed by atoms with Crippen molar-refractivity contribution >= 4 is 54.4 Å². The molecule has 0 atom stereocenters. The summed E-state index contributed by atoms with van der Waals surface area (Å²) >= 11 is 0. The first-order valence-corrected chi connectivity index (χ1v) is 12.8. The number of phenolic OH excluding ortho intramolecular Hbond substituents is 1. The van der Waals surface area contributed by atoms with E-state index in [0.29, 0.717) is 17.1 Å². The Morgan fingerprint density at radius 3 is 2.23 bits per heavy atom. The predicted octanol–water partition coefficient (Wildman–Crippen LogP) is 8.53. The summed E-state index contributed by atoms with van der Waals surface area (Å²) in [5.74, 6) is 2.07. The standard InChI is InChI=1S/C34H21N3O2/c38-31-15-7-12-26-23-9-2-3-11-27(23)34(36-33(26)31)39-22-17-18-25-24-10-4-6-14-29(24)37(30(25)20-22)32-19-16-21-8-1-5-13-28(21)35-32/h1-20,38H. The summed E-state index contributed by atoms with van der Waals surface area (Å²) in [7, 11) is 0. The van der Waals surface area contributed by atoms with Crippen LogP contribution in [0.15, 0.2) is 121 Å². The van der Waals surface area contributed by atoms with E-state index in [9.17, 15) is 5.11 Å². The lowest BCUT2D eigenvalue weighted by molar-refractivity contribution is 0.465. The number of hydrogen-bond donors (Lipinski definition) is 1. The van der Waals surface area contributed by atoms with Crippen molar-refractivity contribution in [1.82, 2.24) is 14.5 Å². The second kappa shape index (κ2) is 8.30. The van der Waals surface area contributed by atoms with Crippen LogP contribution in [0.3, 0.4) is 0 Å². The summed E-state index contributed by atoms with van der Waals surface area (Å²) in [6.45, 7) is 0. The normalized spacial score (nSPS) is 11.7. The monoisotopic (exact) mass is 503 g/mol. The highest BCUT2D eigenvalue weighted by Crippen LogP contribution is 2.38. The molecular weight excluding hydrogens is 482 g/mol.